The van der Waals surface area contributed by atoms with Crippen molar-refractivity contribution >= 4 is 32.5 Å². The lowest BCUT2D eigenvalue weighted by Gasteiger charge is -2.26. The van der Waals surface area contributed by atoms with E-state index in [1.165, 1.54) is 22.3 Å². The van der Waals surface area contributed by atoms with Gasteiger partial charge in [-0.2, -0.15) is 0 Å². The predicted molar refractivity (Wildman–Crippen MR) is 115 cm³/mol. The molecule has 4 rings (SSSR count). The van der Waals surface area contributed by atoms with Crippen molar-refractivity contribution in [3.63, 3.8) is 0 Å². The Labute approximate surface area is 165 Å². The van der Waals surface area contributed by atoms with E-state index in [2.05, 4.69) is 68.1 Å². The maximum atomic E-state index is 12.1. The molecule has 0 unspecified atom stereocenters. The first-order valence-electron chi connectivity index (χ1n) is 9.15. The Kier molecular flexibility index (Phi) is 4.80. The zero-order valence-corrected chi connectivity index (χ0v) is 17.5. The summed E-state index contributed by atoms with van der Waals surface area (Å²) in [6.45, 7) is 6.30. The lowest BCUT2D eigenvalue weighted by atomic mass is 10.1. The van der Waals surface area contributed by atoms with Gasteiger partial charge in [-0.3, -0.25) is 4.99 Å². The molecule has 0 aromatic heterocycles. The molecule has 0 bridgehead atoms. The van der Waals surface area contributed by atoms with Gasteiger partial charge < -0.3 is 4.90 Å². The summed E-state index contributed by atoms with van der Waals surface area (Å²) in [6.07, 6.45) is 0. The number of aryl methyl sites for hydroxylation is 3. The van der Waals surface area contributed by atoms with Crippen LogP contribution in [0.4, 0.5) is 5.69 Å². The van der Waals surface area contributed by atoms with Gasteiger partial charge in [-0.25, -0.2) is 8.42 Å². The molecule has 6 heteroatoms. The lowest BCUT2D eigenvalue weighted by molar-refractivity contribution is 0.601. The van der Waals surface area contributed by atoms with Crippen LogP contribution in [0.3, 0.4) is 0 Å². The second kappa shape index (κ2) is 6.99. The largest absolute Gasteiger partial charge is 0.315 e. The third kappa shape index (κ3) is 3.78. The van der Waals surface area contributed by atoms with Crippen molar-refractivity contribution in [3.05, 3.63) is 64.7 Å². The monoisotopic (exact) mass is 400 g/mol. The molecule has 0 radical (unpaired) electrons. The Balaban J connectivity index is 1.60. The van der Waals surface area contributed by atoms with Crippen molar-refractivity contribution in [1.82, 2.24) is 0 Å². The Hall–Kier alpha value is -1.79. The molecular formula is C21H24N2O2S2. The summed E-state index contributed by atoms with van der Waals surface area (Å²) in [5, 5.41) is 0.932. The highest BCUT2D eigenvalue weighted by atomic mass is 32.2. The van der Waals surface area contributed by atoms with Crippen LogP contribution >= 0.6 is 11.8 Å². The molecular weight excluding hydrogens is 376 g/mol. The van der Waals surface area contributed by atoms with Crippen molar-refractivity contribution in [1.29, 1.82) is 0 Å². The van der Waals surface area contributed by atoms with Crippen molar-refractivity contribution in [2.75, 3.05) is 16.4 Å². The maximum Gasteiger partial charge on any atom is 0.164 e. The van der Waals surface area contributed by atoms with Gasteiger partial charge in [-0.15, -0.1) is 0 Å². The summed E-state index contributed by atoms with van der Waals surface area (Å²) in [5.74, 6) is 1.17. The van der Waals surface area contributed by atoms with Crippen LogP contribution in [0.2, 0.25) is 0 Å². The first-order valence-corrected chi connectivity index (χ1v) is 12.0. The fourth-order valence-electron chi connectivity index (χ4n) is 3.68. The molecule has 0 spiro atoms. The molecule has 0 N–H and O–H groups in total. The number of hydrogen-bond donors (Lipinski definition) is 0. The van der Waals surface area contributed by atoms with Gasteiger partial charge in [0.15, 0.2) is 15.0 Å². The molecule has 4 nitrogen and oxygen atoms in total. The fraction of sp³-hybridized carbons (Fsp3) is 0.381. The number of sulfone groups is 1. The Morgan fingerprint density at radius 1 is 1.04 bits per heavy atom. The van der Waals surface area contributed by atoms with Gasteiger partial charge in [0.2, 0.25) is 0 Å². The van der Waals surface area contributed by atoms with Gasteiger partial charge in [0.05, 0.1) is 23.6 Å². The molecule has 2 atom stereocenters. The molecule has 1 fully saturated rings. The molecule has 142 valence electrons. The average molecular weight is 401 g/mol. The van der Waals surface area contributed by atoms with Crippen LogP contribution in [0.1, 0.15) is 22.3 Å². The number of nitrogens with zero attached hydrogens (tertiary/aromatic N) is 2. The van der Waals surface area contributed by atoms with Crippen molar-refractivity contribution in [3.8, 4) is 0 Å². The SMILES string of the molecule is Cc1ccc(N2C(SCc3ccc(C)c(C)c3)=N[C@@H]3CS(=O)(=O)C[C@H]32)cc1. The standard InChI is InChI=1S/C21H24N2O2S2/c1-14-4-8-18(9-5-14)23-20-13-27(24,25)12-19(20)22-21(23)26-11-17-7-6-15(2)16(3)10-17/h4-10,19-20H,11-13H2,1-3H3/t19-,20-/m1/s1. The number of benzene rings is 2. The number of anilines is 1. The van der Waals surface area contributed by atoms with E-state index < -0.39 is 9.84 Å². The van der Waals surface area contributed by atoms with Gasteiger partial charge in [0.1, 0.15) is 0 Å². The smallest absolute Gasteiger partial charge is 0.164 e. The molecule has 2 heterocycles. The topological polar surface area (TPSA) is 49.7 Å². The summed E-state index contributed by atoms with van der Waals surface area (Å²) < 4.78 is 24.3. The summed E-state index contributed by atoms with van der Waals surface area (Å²) in [6, 6.07) is 14.6. The van der Waals surface area contributed by atoms with E-state index in [1.807, 2.05) is 0 Å². The molecule has 2 aliphatic rings. The van der Waals surface area contributed by atoms with Crippen LogP contribution in [0, 0.1) is 20.8 Å². The van der Waals surface area contributed by atoms with Crippen LogP contribution in [-0.2, 0) is 15.6 Å². The van der Waals surface area contributed by atoms with Crippen LogP contribution in [0.15, 0.2) is 47.5 Å². The summed E-state index contributed by atoms with van der Waals surface area (Å²) in [4.78, 5) is 6.95. The quantitative estimate of drug-likeness (QED) is 0.784. The molecule has 2 aromatic rings. The molecule has 0 saturated carbocycles. The van der Waals surface area contributed by atoms with Crippen molar-refractivity contribution in [2.24, 2.45) is 4.99 Å². The highest BCUT2D eigenvalue weighted by Gasteiger charge is 2.47. The van der Waals surface area contributed by atoms with Crippen LogP contribution in [0.5, 0.6) is 0 Å². The first-order chi connectivity index (χ1) is 12.8. The molecule has 2 aromatic carbocycles. The minimum atomic E-state index is -3.01. The van der Waals surface area contributed by atoms with Gasteiger partial charge in [0.25, 0.3) is 0 Å². The second-order valence-electron chi connectivity index (χ2n) is 7.54. The van der Waals surface area contributed by atoms with Gasteiger partial charge in [-0.05, 0) is 49.6 Å². The number of rotatable bonds is 3. The number of hydrogen-bond acceptors (Lipinski definition) is 5. The van der Waals surface area contributed by atoms with Crippen LogP contribution in [-0.4, -0.2) is 37.2 Å². The summed E-state index contributed by atoms with van der Waals surface area (Å²) in [7, 11) is -3.01. The Morgan fingerprint density at radius 2 is 1.78 bits per heavy atom. The van der Waals surface area contributed by atoms with Crippen LogP contribution in [0.25, 0.3) is 0 Å². The maximum absolute atomic E-state index is 12.1. The first kappa shape index (κ1) is 18.6. The van der Waals surface area contributed by atoms with Crippen molar-refractivity contribution in [2.45, 2.75) is 38.6 Å². The number of fused-ring (bicyclic) bond motifs is 1. The number of aliphatic imine (C=N–C) groups is 1. The van der Waals surface area contributed by atoms with E-state index in [9.17, 15) is 8.42 Å². The minimum absolute atomic E-state index is 0.0834. The average Bonchev–Trinajstić information content (AvgIpc) is 3.08. The Morgan fingerprint density at radius 3 is 2.48 bits per heavy atom. The number of amidine groups is 1. The van der Waals surface area contributed by atoms with E-state index in [0.717, 1.165) is 16.6 Å². The highest BCUT2D eigenvalue weighted by molar-refractivity contribution is 8.13. The zero-order chi connectivity index (χ0) is 19.2. The molecule has 0 amide bonds. The molecule has 2 aliphatic heterocycles. The zero-order valence-electron chi connectivity index (χ0n) is 15.8. The Bertz CT molecular complexity index is 997. The van der Waals surface area contributed by atoms with E-state index in [-0.39, 0.29) is 23.6 Å². The van der Waals surface area contributed by atoms with E-state index in [1.54, 1.807) is 11.8 Å². The summed E-state index contributed by atoms with van der Waals surface area (Å²) >= 11 is 1.70. The van der Waals surface area contributed by atoms with E-state index >= 15 is 0 Å². The highest BCUT2D eigenvalue weighted by Crippen LogP contribution is 2.36. The van der Waals surface area contributed by atoms with Crippen molar-refractivity contribution < 1.29 is 8.42 Å². The third-order valence-electron chi connectivity index (χ3n) is 5.36. The van der Waals surface area contributed by atoms with Gasteiger partial charge in [0, 0.05) is 11.4 Å². The third-order valence-corrected chi connectivity index (χ3v) is 8.10. The number of thioether (sulfide) groups is 1. The lowest BCUT2D eigenvalue weighted by Crippen LogP contribution is -2.39. The normalized spacial score (nSPS) is 23.4. The van der Waals surface area contributed by atoms with Gasteiger partial charge >= 0.3 is 0 Å². The van der Waals surface area contributed by atoms with E-state index in [4.69, 9.17) is 4.99 Å². The fourth-order valence-corrected chi connectivity index (χ4v) is 6.59. The second-order valence-corrected chi connectivity index (χ2v) is 10.6. The minimum Gasteiger partial charge on any atom is -0.315 e. The van der Waals surface area contributed by atoms with Crippen LogP contribution < -0.4 is 4.90 Å². The molecule has 27 heavy (non-hydrogen) atoms. The molecule has 0 aliphatic carbocycles. The summed E-state index contributed by atoms with van der Waals surface area (Å²) in [5.41, 5.74) is 6.06. The molecule has 1 saturated heterocycles. The van der Waals surface area contributed by atoms with E-state index in [0.29, 0.717) is 0 Å². The predicted octanol–water partition coefficient (Wildman–Crippen LogP) is 3.89. The van der Waals surface area contributed by atoms with Gasteiger partial charge in [-0.1, -0.05) is 47.7 Å².